The highest BCUT2D eigenvalue weighted by molar-refractivity contribution is 5.61. The molecule has 4 heteroatoms. The minimum absolute atomic E-state index is 0.146. The fourth-order valence-corrected chi connectivity index (χ4v) is 2.74. The van der Waals surface area contributed by atoms with E-state index in [1.54, 1.807) is 0 Å². The summed E-state index contributed by atoms with van der Waals surface area (Å²) in [6, 6.07) is 5.96. The molecule has 1 aliphatic heterocycles. The Morgan fingerprint density at radius 1 is 1.40 bits per heavy atom. The lowest BCUT2D eigenvalue weighted by molar-refractivity contribution is -0.0749. The summed E-state index contributed by atoms with van der Waals surface area (Å²) in [4.78, 5) is 2.32. The summed E-state index contributed by atoms with van der Waals surface area (Å²) < 4.78 is 11.7. The van der Waals surface area contributed by atoms with E-state index in [0.29, 0.717) is 6.61 Å². The van der Waals surface area contributed by atoms with Crippen LogP contribution in [0.3, 0.4) is 0 Å². The summed E-state index contributed by atoms with van der Waals surface area (Å²) in [5, 5.41) is 0. The molecule has 1 atom stereocenters. The van der Waals surface area contributed by atoms with Crippen LogP contribution in [0.1, 0.15) is 34.1 Å². The Bertz CT molecular complexity index is 460. The van der Waals surface area contributed by atoms with Crippen molar-refractivity contribution in [3.8, 4) is 5.75 Å². The number of hydrogen-bond donors (Lipinski definition) is 1. The molecule has 2 N–H and O–H groups in total. The monoisotopic (exact) mass is 278 g/mol. The lowest BCUT2D eigenvalue weighted by Crippen LogP contribution is -2.52. The molecule has 1 fully saturated rings. The van der Waals surface area contributed by atoms with Crippen molar-refractivity contribution in [2.45, 2.75) is 45.8 Å². The van der Waals surface area contributed by atoms with Crippen LogP contribution in [0, 0.1) is 0 Å². The van der Waals surface area contributed by atoms with E-state index in [9.17, 15) is 0 Å². The average Bonchev–Trinajstić information content (AvgIpc) is 2.33. The van der Waals surface area contributed by atoms with Gasteiger partial charge in [0.05, 0.1) is 18.3 Å². The summed E-state index contributed by atoms with van der Waals surface area (Å²) in [6.45, 7) is 10.9. The Kier molecular flexibility index (Phi) is 4.43. The third-order valence-corrected chi connectivity index (χ3v) is 3.32. The molecule has 1 aromatic rings. The maximum absolute atomic E-state index is 6.00. The van der Waals surface area contributed by atoms with Gasteiger partial charge in [-0.2, -0.15) is 0 Å². The van der Waals surface area contributed by atoms with Gasteiger partial charge in [0.25, 0.3) is 0 Å². The number of nitrogen functional groups attached to an aromatic ring is 1. The largest absolute Gasteiger partial charge is 0.493 e. The normalized spacial score (nSPS) is 21.8. The van der Waals surface area contributed by atoms with Crippen LogP contribution < -0.4 is 15.4 Å². The fourth-order valence-electron chi connectivity index (χ4n) is 2.74. The molecule has 0 saturated carbocycles. The molecule has 1 aliphatic rings. The first kappa shape index (κ1) is 15.0. The zero-order chi connectivity index (χ0) is 14.8. The molecular formula is C16H26N2O2. The Hall–Kier alpha value is -1.42. The molecule has 0 bridgehead atoms. The Labute approximate surface area is 121 Å². The first-order valence-electron chi connectivity index (χ1n) is 7.36. The van der Waals surface area contributed by atoms with Gasteiger partial charge in [0.15, 0.2) is 0 Å². The molecule has 1 aromatic carbocycles. The number of hydrogen-bond acceptors (Lipinski definition) is 4. The molecule has 20 heavy (non-hydrogen) atoms. The van der Waals surface area contributed by atoms with Crippen LogP contribution in [0.2, 0.25) is 0 Å². The van der Waals surface area contributed by atoms with Crippen molar-refractivity contribution in [2.75, 3.05) is 30.3 Å². The minimum Gasteiger partial charge on any atom is -0.493 e. The summed E-state index contributed by atoms with van der Waals surface area (Å²) in [5.41, 5.74) is 7.71. The van der Waals surface area contributed by atoms with Gasteiger partial charge in [-0.25, -0.2) is 0 Å². The number of benzene rings is 1. The second-order valence-electron chi connectivity index (χ2n) is 6.18. The van der Waals surface area contributed by atoms with Gasteiger partial charge in [-0.3, -0.25) is 0 Å². The molecule has 1 saturated heterocycles. The molecule has 0 amide bonds. The van der Waals surface area contributed by atoms with E-state index in [-0.39, 0.29) is 11.7 Å². The molecule has 1 heterocycles. The number of ether oxygens (including phenoxy) is 2. The highest BCUT2D eigenvalue weighted by Crippen LogP contribution is 2.30. The Balaban J connectivity index is 2.20. The van der Waals surface area contributed by atoms with Crippen molar-refractivity contribution in [2.24, 2.45) is 0 Å². The first-order chi connectivity index (χ1) is 9.39. The number of nitrogens with two attached hydrogens (primary N) is 1. The van der Waals surface area contributed by atoms with Crippen molar-refractivity contribution in [1.29, 1.82) is 0 Å². The van der Waals surface area contributed by atoms with Crippen LogP contribution in [-0.2, 0) is 4.74 Å². The van der Waals surface area contributed by atoms with Crippen LogP contribution in [-0.4, -0.2) is 31.4 Å². The fraction of sp³-hybridized carbons (Fsp3) is 0.625. The number of morpholine rings is 1. The maximum atomic E-state index is 6.00. The SMILES string of the molecule is CCCOc1cc(N)cc(N2CC(C)OC(C)(C)C2)c1. The van der Waals surface area contributed by atoms with Gasteiger partial charge in [0, 0.05) is 36.6 Å². The maximum Gasteiger partial charge on any atom is 0.123 e. The van der Waals surface area contributed by atoms with Crippen LogP contribution in [0.15, 0.2) is 18.2 Å². The topological polar surface area (TPSA) is 47.7 Å². The lowest BCUT2D eigenvalue weighted by atomic mass is 10.0. The molecule has 0 radical (unpaired) electrons. The summed E-state index contributed by atoms with van der Waals surface area (Å²) in [7, 11) is 0. The smallest absolute Gasteiger partial charge is 0.123 e. The summed E-state index contributed by atoms with van der Waals surface area (Å²) in [6.07, 6.45) is 1.20. The van der Waals surface area contributed by atoms with E-state index < -0.39 is 0 Å². The van der Waals surface area contributed by atoms with Crippen LogP contribution in [0.4, 0.5) is 11.4 Å². The van der Waals surface area contributed by atoms with Gasteiger partial charge >= 0.3 is 0 Å². The molecule has 0 aliphatic carbocycles. The highest BCUT2D eigenvalue weighted by Gasteiger charge is 2.31. The molecule has 112 valence electrons. The molecular weight excluding hydrogens is 252 g/mol. The van der Waals surface area contributed by atoms with Crippen LogP contribution >= 0.6 is 0 Å². The summed E-state index contributed by atoms with van der Waals surface area (Å²) >= 11 is 0. The molecule has 1 unspecified atom stereocenters. The van der Waals surface area contributed by atoms with E-state index in [0.717, 1.165) is 36.6 Å². The van der Waals surface area contributed by atoms with Gasteiger partial charge < -0.3 is 20.1 Å². The first-order valence-corrected chi connectivity index (χ1v) is 7.36. The van der Waals surface area contributed by atoms with E-state index in [1.165, 1.54) is 0 Å². The Morgan fingerprint density at radius 3 is 2.80 bits per heavy atom. The zero-order valence-electron chi connectivity index (χ0n) is 13.0. The van der Waals surface area contributed by atoms with Gasteiger partial charge in [-0.1, -0.05) is 6.92 Å². The predicted molar refractivity (Wildman–Crippen MR) is 83.5 cm³/mol. The zero-order valence-corrected chi connectivity index (χ0v) is 13.0. The molecule has 0 spiro atoms. The summed E-state index contributed by atoms with van der Waals surface area (Å²) in [5.74, 6) is 0.846. The van der Waals surface area contributed by atoms with Crippen molar-refractivity contribution >= 4 is 11.4 Å². The molecule has 4 nitrogen and oxygen atoms in total. The third-order valence-electron chi connectivity index (χ3n) is 3.32. The standard InChI is InChI=1S/C16H26N2O2/c1-5-6-19-15-8-13(17)7-14(9-15)18-10-12(2)20-16(3,4)11-18/h7-9,12H,5-6,10-11,17H2,1-4H3. The van der Waals surface area contributed by atoms with Gasteiger partial charge in [0.2, 0.25) is 0 Å². The number of anilines is 2. The van der Waals surface area contributed by atoms with Gasteiger partial charge in [-0.15, -0.1) is 0 Å². The van der Waals surface area contributed by atoms with Crippen LogP contribution in [0.5, 0.6) is 5.75 Å². The van der Waals surface area contributed by atoms with Gasteiger partial charge in [-0.05, 0) is 33.3 Å². The van der Waals surface area contributed by atoms with Crippen LogP contribution in [0.25, 0.3) is 0 Å². The highest BCUT2D eigenvalue weighted by atomic mass is 16.5. The van der Waals surface area contributed by atoms with Crippen molar-refractivity contribution in [3.63, 3.8) is 0 Å². The van der Waals surface area contributed by atoms with E-state index in [4.69, 9.17) is 15.2 Å². The second-order valence-corrected chi connectivity index (χ2v) is 6.18. The third kappa shape index (κ3) is 3.79. The van der Waals surface area contributed by atoms with Gasteiger partial charge in [0.1, 0.15) is 5.75 Å². The molecule has 2 rings (SSSR count). The van der Waals surface area contributed by atoms with E-state index in [2.05, 4.69) is 38.7 Å². The lowest BCUT2D eigenvalue weighted by Gasteiger charge is -2.43. The predicted octanol–water partition coefficient (Wildman–Crippen LogP) is 3.06. The van der Waals surface area contributed by atoms with Crippen molar-refractivity contribution < 1.29 is 9.47 Å². The van der Waals surface area contributed by atoms with Crippen molar-refractivity contribution in [1.82, 2.24) is 0 Å². The number of rotatable bonds is 4. The second kappa shape index (κ2) is 5.92. The molecule has 0 aromatic heterocycles. The minimum atomic E-state index is -0.146. The van der Waals surface area contributed by atoms with E-state index in [1.807, 2.05) is 12.1 Å². The van der Waals surface area contributed by atoms with E-state index >= 15 is 0 Å². The quantitative estimate of drug-likeness (QED) is 0.860. The Morgan fingerprint density at radius 2 is 2.15 bits per heavy atom. The average molecular weight is 278 g/mol. The number of nitrogens with zero attached hydrogens (tertiary/aromatic N) is 1. The van der Waals surface area contributed by atoms with Crippen molar-refractivity contribution in [3.05, 3.63) is 18.2 Å².